The van der Waals surface area contributed by atoms with Crippen molar-refractivity contribution in [2.24, 2.45) is 11.7 Å². The molecule has 0 saturated carbocycles. The number of carbonyl (C=O) groups is 5. The van der Waals surface area contributed by atoms with Gasteiger partial charge in [0.25, 0.3) is 0 Å². The van der Waals surface area contributed by atoms with Gasteiger partial charge >= 0.3 is 11.9 Å². The van der Waals surface area contributed by atoms with Gasteiger partial charge in [0, 0.05) is 6.42 Å². The first-order valence-electron chi connectivity index (χ1n) is 11.3. The van der Waals surface area contributed by atoms with Crippen molar-refractivity contribution in [2.75, 3.05) is 0 Å². The molecule has 0 radical (unpaired) electrons. The van der Waals surface area contributed by atoms with Crippen LogP contribution in [0.25, 0.3) is 0 Å². The number of carbonyl (C=O) groups excluding carboxylic acids is 3. The highest BCUT2D eigenvalue weighted by molar-refractivity contribution is 5.95. The molecule has 0 aliphatic heterocycles. The third kappa shape index (κ3) is 10.3. The second kappa shape index (κ2) is 14.0. The monoisotopic (exact) mass is 510 g/mol. The number of rotatable bonds is 14. The number of nitrogens with two attached hydrogens (primary N) is 1. The van der Waals surface area contributed by atoms with Crippen LogP contribution in [0.2, 0.25) is 0 Å². The number of aliphatic carboxylic acids is 2. The van der Waals surface area contributed by atoms with E-state index in [0.29, 0.717) is 5.56 Å². The van der Waals surface area contributed by atoms with Crippen molar-refractivity contribution in [2.45, 2.75) is 70.3 Å². The van der Waals surface area contributed by atoms with E-state index in [1.165, 1.54) is 31.2 Å². The Bertz CT molecular complexity index is 934. The zero-order valence-corrected chi connectivity index (χ0v) is 20.3. The van der Waals surface area contributed by atoms with Crippen LogP contribution in [0.15, 0.2) is 24.3 Å². The standard InChI is InChI=1S/C23H34N4O9/c1-11(2)8-17(23(35)36)26-21(33)16(9-13-4-6-14(29)7-5-13)25-22(34)19(12(3)28)27-20(32)15(24)10-18(30)31/h4-7,11-12,15-17,19,28-29H,8-10,24H2,1-3H3,(H,25,34)(H,26,33)(H,27,32)(H,30,31)(H,35,36). The van der Waals surface area contributed by atoms with Crippen LogP contribution in [0.1, 0.15) is 39.2 Å². The fraction of sp³-hybridized carbons (Fsp3) is 0.522. The molecule has 5 unspecified atom stereocenters. The molecule has 200 valence electrons. The summed E-state index contributed by atoms with van der Waals surface area (Å²) in [6, 6.07) is 0.131. The van der Waals surface area contributed by atoms with Gasteiger partial charge in [0.05, 0.1) is 18.6 Å². The van der Waals surface area contributed by atoms with Gasteiger partial charge in [-0.2, -0.15) is 0 Å². The number of benzene rings is 1. The van der Waals surface area contributed by atoms with Crippen molar-refractivity contribution in [1.82, 2.24) is 16.0 Å². The molecule has 0 aliphatic carbocycles. The Labute approximate surface area is 208 Å². The van der Waals surface area contributed by atoms with Crippen molar-refractivity contribution in [1.29, 1.82) is 0 Å². The Balaban J connectivity index is 3.13. The van der Waals surface area contributed by atoms with E-state index in [2.05, 4.69) is 16.0 Å². The molecule has 3 amide bonds. The van der Waals surface area contributed by atoms with E-state index >= 15 is 0 Å². The second-order valence-corrected chi connectivity index (χ2v) is 8.89. The number of aliphatic hydroxyl groups is 1. The quantitative estimate of drug-likeness (QED) is 0.147. The summed E-state index contributed by atoms with van der Waals surface area (Å²) >= 11 is 0. The first-order chi connectivity index (χ1) is 16.7. The number of phenols is 1. The van der Waals surface area contributed by atoms with Gasteiger partial charge in [0.2, 0.25) is 17.7 Å². The summed E-state index contributed by atoms with van der Waals surface area (Å²) in [4.78, 5) is 60.6. The normalized spacial score (nSPS) is 15.2. The van der Waals surface area contributed by atoms with E-state index in [9.17, 15) is 39.3 Å². The minimum absolute atomic E-state index is 0.0266. The fourth-order valence-electron chi connectivity index (χ4n) is 3.25. The molecular formula is C23H34N4O9. The molecule has 0 aliphatic rings. The summed E-state index contributed by atoms with van der Waals surface area (Å²) in [5.74, 6) is -5.47. The number of aliphatic hydroxyl groups excluding tert-OH is 1. The lowest BCUT2D eigenvalue weighted by Crippen LogP contribution is -2.60. The average molecular weight is 511 g/mol. The van der Waals surface area contributed by atoms with Crippen molar-refractivity contribution < 1.29 is 44.4 Å². The summed E-state index contributed by atoms with van der Waals surface area (Å²) in [5, 5.41) is 44.8. The van der Waals surface area contributed by atoms with Crippen molar-refractivity contribution in [3.8, 4) is 5.75 Å². The molecule has 9 N–H and O–H groups in total. The number of carboxylic acid groups (broad SMARTS) is 2. The van der Waals surface area contributed by atoms with Gasteiger partial charge in [-0.15, -0.1) is 0 Å². The first-order valence-corrected chi connectivity index (χ1v) is 11.3. The van der Waals surface area contributed by atoms with Gasteiger partial charge in [-0.3, -0.25) is 19.2 Å². The number of hydrogen-bond donors (Lipinski definition) is 8. The van der Waals surface area contributed by atoms with E-state index in [1.54, 1.807) is 13.8 Å². The van der Waals surface area contributed by atoms with Gasteiger partial charge in [0.15, 0.2) is 0 Å². The predicted octanol–water partition coefficient (Wildman–Crippen LogP) is -1.30. The largest absolute Gasteiger partial charge is 0.508 e. The molecule has 0 heterocycles. The summed E-state index contributed by atoms with van der Waals surface area (Å²) < 4.78 is 0. The second-order valence-electron chi connectivity index (χ2n) is 8.89. The highest BCUT2D eigenvalue weighted by atomic mass is 16.4. The third-order valence-corrected chi connectivity index (χ3v) is 5.12. The van der Waals surface area contributed by atoms with Crippen molar-refractivity contribution in [3.05, 3.63) is 29.8 Å². The van der Waals surface area contributed by atoms with Crippen molar-refractivity contribution >= 4 is 29.7 Å². The zero-order chi connectivity index (χ0) is 27.6. The number of nitrogens with one attached hydrogen (secondary N) is 3. The third-order valence-electron chi connectivity index (χ3n) is 5.12. The lowest BCUT2D eigenvalue weighted by Gasteiger charge is -2.26. The first kappa shape index (κ1) is 30.3. The van der Waals surface area contributed by atoms with Crippen LogP contribution in [0.3, 0.4) is 0 Å². The molecule has 1 rings (SSSR count). The van der Waals surface area contributed by atoms with Crippen LogP contribution in [-0.2, 0) is 30.4 Å². The molecule has 36 heavy (non-hydrogen) atoms. The van der Waals surface area contributed by atoms with Crippen molar-refractivity contribution in [3.63, 3.8) is 0 Å². The molecule has 0 bridgehead atoms. The molecule has 0 saturated heterocycles. The van der Waals surface area contributed by atoms with Crippen LogP contribution in [0.4, 0.5) is 0 Å². The van der Waals surface area contributed by atoms with Gasteiger partial charge in [-0.1, -0.05) is 26.0 Å². The predicted molar refractivity (Wildman–Crippen MR) is 127 cm³/mol. The Kier molecular flexibility index (Phi) is 11.8. The van der Waals surface area contributed by atoms with Crippen LogP contribution in [-0.4, -0.2) is 80.4 Å². The number of hydrogen-bond acceptors (Lipinski definition) is 8. The van der Waals surface area contributed by atoms with E-state index in [-0.39, 0.29) is 24.5 Å². The van der Waals surface area contributed by atoms with Crippen LogP contribution in [0, 0.1) is 5.92 Å². The Morgan fingerprint density at radius 2 is 1.42 bits per heavy atom. The van der Waals surface area contributed by atoms with Gasteiger partial charge in [-0.05, 0) is 37.0 Å². The number of phenolic OH excluding ortho intramolecular Hbond substituents is 1. The lowest BCUT2D eigenvalue weighted by atomic mass is 10.0. The van der Waals surface area contributed by atoms with Gasteiger partial charge in [-0.25, -0.2) is 4.79 Å². The average Bonchev–Trinajstić information content (AvgIpc) is 2.76. The lowest BCUT2D eigenvalue weighted by molar-refractivity contribution is -0.143. The number of amides is 3. The van der Waals surface area contributed by atoms with Crippen LogP contribution >= 0.6 is 0 Å². The topological polar surface area (TPSA) is 228 Å². The van der Waals surface area contributed by atoms with E-state index < -0.39 is 66.4 Å². The maximum atomic E-state index is 13.0. The SMILES string of the molecule is CC(C)CC(NC(=O)C(Cc1ccc(O)cc1)NC(=O)C(NC(=O)C(N)CC(=O)O)C(C)O)C(=O)O. The molecule has 0 fully saturated rings. The Hall–Kier alpha value is -3.71. The Morgan fingerprint density at radius 3 is 1.89 bits per heavy atom. The summed E-state index contributed by atoms with van der Waals surface area (Å²) in [6.07, 6.45) is -2.13. The molecule has 0 aromatic heterocycles. The highest BCUT2D eigenvalue weighted by Crippen LogP contribution is 2.13. The minimum Gasteiger partial charge on any atom is -0.508 e. The maximum absolute atomic E-state index is 13.0. The molecule has 0 spiro atoms. The van der Waals surface area contributed by atoms with E-state index in [1.807, 2.05) is 0 Å². The highest BCUT2D eigenvalue weighted by Gasteiger charge is 2.33. The minimum atomic E-state index is -1.58. The summed E-state index contributed by atoms with van der Waals surface area (Å²) in [5.41, 5.74) is 6.03. The smallest absolute Gasteiger partial charge is 0.326 e. The molecule has 13 heteroatoms. The number of aromatic hydroxyl groups is 1. The van der Waals surface area contributed by atoms with Crippen LogP contribution in [0.5, 0.6) is 5.75 Å². The maximum Gasteiger partial charge on any atom is 0.326 e. The number of carboxylic acids is 2. The summed E-state index contributed by atoms with van der Waals surface area (Å²) in [6.45, 7) is 4.76. The summed E-state index contributed by atoms with van der Waals surface area (Å²) in [7, 11) is 0. The van der Waals surface area contributed by atoms with Gasteiger partial charge in [0.1, 0.15) is 23.9 Å². The fourth-order valence-corrected chi connectivity index (χ4v) is 3.25. The van der Waals surface area contributed by atoms with E-state index in [4.69, 9.17) is 10.8 Å². The zero-order valence-electron chi connectivity index (χ0n) is 20.3. The van der Waals surface area contributed by atoms with Crippen LogP contribution < -0.4 is 21.7 Å². The molecule has 13 nitrogen and oxygen atoms in total. The molecule has 1 aromatic rings. The Morgan fingerprint density at radius 1 is 0.861 bits per heavy atom. The van der Waals surface area contributed by atoms with E-state index in [0.717, 1.165) is 0 Å². The van der Waals surface area contributed by atoms with Gasteiger partial charge < -0.3 is 42.1 Å². The molecular weight excluding hydrogens is 476 g/mol. The molecule has 5 atom stereocenters. The molecule has 1 aromatic carbocycles.